The third-order valence-electron chi connectivity index (χ3n) is 8.07. The predicted molar refractivity (Wildman–Crippen MR) is 152 cm³/mol. The van der Waals surface area contributed by atoms with Gasteiger partial charge in [0.2, 0.25) is 0 Å². The van der Waals surface area contributed by atoms with E-state index in [0.717, 1.165) is 36.2 Å². The van der Waals surface area contributed by atoms with Gasteiger partial charge in [-0.3, -0.25) is 4.79 Å². The molecular formula is C30H36Cl2N2O5. The minimum absolute atomic E-state index is 0.0120. The van der Waals surface area contributed by atoms with Crippen molar-refractivity contribution in [3.8, 4) is 5.75 Å². The molecule has 0 spiro atoms. The van der Waals surface area contributed by atoms with E-state index in [0.29, 0.717) is 35.2 Å². The summed E-state index contributed by atoms with van der Waals surface area (Å²) in [5.74, 6) is -1.17. The van der Waals surface area contributed by atoms with Crippen molar-refractivity contribution < 1.29 is 24.2 Å². The topological polar surface area (TPSA) is 79.3 Å². The van der Waals surface area contributed by atoms with E-state index in [2.05, 4.69) is 17.0 Å². The molecule has 7 nitrogen and oxygen atoms in total. The average molecular weight is 576 g/mol. The Morgan fingerprint density at radius 2 is 1.69 bits per heavy atom. The molecule has 3 saturated heterocycles. The third-order valence-corrected chi connectivity index (χ3v) is 8.63. The number of hydrogen-bond acceptors (Lipinski definition) is 5. The van der Waals surface area contributed by atoms with E-state index in [-0.39, 0.29) is 24.1 Å². The molecule has 0 aliphatic carbocycles. The van der Waals surface area contributed by atoms with Crippen molar-refractivity contribution in [2.45, 2.75) is 83.1 Å². The number of anilines is 1. The minimum Gasteiger partial charge on any atom is -0.485 e. The Morgan fingerprint density at radius 1 is 1.03 bits per heavy atom. The molecule has 2 bridgehead atoms. The summed E-state index contributed by atoms with van der Waals surface area (Å²) >= 11 is 12.8. The van der Waals surface area contributed by atoms with Crippen molar-refractivity contribution in [3.05, 3.63) is 57.6 Å². The minimum atomic E-state index is -0.865. The number of carbonyl (C=O) groups excluding carboxylic acids is 1. The molecule has 0 radical (unpaired) electrons. The van der Waals surface area contributed by atoms with E-state index in [4.69, 9.17) is 32.7 Å². The Labute approximate surface area is 240 Å². The fourth-order valence-electron chi connectivity index (χ4n) is 6.44. The maximum Gasteiger partial charge on any atom is 0.410 e. The van der Waals surface area contributed by atoms with Gasteiger partial charge < -0.3 is 24.4 Å². The van der Waals surface area contributed by atoms with Crippen LogP contribution in [0.2, 0.25) is 10.0 Å². The van der Waals surface area contributed by atoms with Crippen LogP contribution < -0.4 is 9.64 Å². The van der Waals surface area contributed by atoms with Gasteiger partial charge in [0.05, 0.1) is 22.5 Å². The van der Waals surface area contributed by atoms with Crippen LogP contribution in [0.15, 0.2) is 36.4 Å². The number of nitrogens with zero attached hydrogens (tertiary/aromatic N) is 2. The number of amides is 1. The molecule has 39 heavy (non-hydrogen) atoms. The zero-order valence-electron chi connectivity index (χ0n) is 22.8. The Bertz CT molecular complexity index is 1220. The van der Waals surface area contributed by atoms with Crippen LogP contribution in [0.4, 0.5) is 10.5 Å². The normalized spacial score (nSPS) is 26.6. The summed E-state index contributed by atoms with van der Waals surface area (Å²) in [6, 6.07) is 11.5. The highest BCUT2D eigenvalue weighted by atomic mass is 35.5. The maximum atomic E-state index is 13.0. The van der Waals surface area contributed by atoms with Crippen LogP contribution >= 0.6 is 23.2 Å². The van der Waals surface area contributed by atoms with E-state index in [1.165, 1.54) is 0 Å². The lowest BCUT2D eigenvalue weighted by Crippen LogP contribution is -2.54. The number of aliphatic carboxylic acids is 1. The van der Waals surface area contributed by atoms with E-state index in [1.54, 1.807) is 4.90 Å². The summed E-state index contributed by atoms with van der Waals surface area (Å²) in [6.07, 6.45) is 2.49. The van der Waals surface area contributed by atoms with Gasteiger partial charge in [-0.1, -0.05) is 35.3 Å². The quantitative estimate of drug-likeness (QED) is 0.417. The number of fused-ring (bicyclic) bond motifs is 2. The third kappa shape index (κ3) is 5.80. The largest absolute Gasteiger partial charge is 0.485 e. The number of hydrogen-bond donors (Lipinski definition) is 1. The Kier molecular flexibility index (Phi) is 7.68. The Hall–Kier alpha value is -2.64. The SMILES string of the molecule is Cc1cc(Cl)c(OC2CCN(c3ccc(C4CC5CCC(C4C(=O)O)N5C(=O)OC(C)(C)C)cc3)C2)c(Cl)c1. The van der Waals surface area contributed by atoms with Gasteiger partial charge in [-0.2, -0.15) is 0 Å². The van der Waals surface area contributed by atoms with E-state index in [1.807, 2.05) is 52.0 Å². The molecule has 3 aliphatic rings. The monoisotopic (exact) mass is 574 g/mol. The lowest BCUT2D eigenvalue weighted by atomic mass is 9.76. The van der Waals surface area contributed by atoms with E-state index in [9.17, 15) is 14.7 Å². The van der Waals surface area contributed by atoms with Crippen molar-refractivity contribution in [2.75, 3.05) is 18.0 Å². The summed E-state index contributed by atoms with van der Waals surface area (Å²) < 4.78 is 11.8. The van der Waals surface area contributed by atoms with Crippen LogP contribution in [0, 0.1) is 12.8 Å². The maximum absolute atomic E-state index is 13.0. The van der Waals surface area contributed by atoms with Gasteiger partial charge in [0.1, 0.15) is 11.7 Å². The number of halogens is 2. The number of benzene rings is 2. The van der Waals surface area contributed by atoms with Crippen molar-refractivity contribution in [1.82, 2.24) is 4.90 Å². The van der Waals surface area contributed by atoms with E-state index >= 15 is 0 Å². The van der Waals surface area contributed by atoms with Gasteiger partial charge >= 0.3 is 12.1 Å². The number of carbonyl (C=O) groups is 2. The van der Waals surface area contributed by atoms with Gasteiger partial charge in [-0.05, 0) is 82.3 Å². The van der Waals surface area contributed by atoms with Gasteiger partial charge in [0, 0.05) is 36.7 Å². The van der Waals surface area contributed by atoms with Crippen molar-refractivity contribution in [3.63, 3.8) is 0 Å². The predicted octanol–water partition coefficient (Wildman–Crippen LogP) is 6.92. The second-order valence-electron chi connectivity index (χ2n) is 12.0. The fraction of sp³-hybridized carbons (Fsp3) is 0.533. The van der Waals surface area contributed by atoms with Crippen molar-refractivity contribution >= 4 is 41.0 Å². The number of rotatable bonds is 5. The molecule has 2 aromatic carbocycles. The number of carboxylic acid groups (broad SMARTS) is 1. The standard InChI is InChI=1S/C30H36Cl2N2O5/c1-17-13-23(31)27(24(32)14-17)38-21-11-12-33(16-21)19-7-5-18(6-8-19)22-15-20-9-10-25(26(22)28(35)36)34(20)29(37)39-30(2,3)4/h5-8,13-14,20-22,25-26H,9-12,15-16H2,1-4H3,(H,35,36). The summed E-state index contributed by atoms with van der Waals surface area (Å²) in [4.78, 5) is 29.4. The lowest BCUT2D eigenvalue weighted by molar-refractivity contribution is -0.146. The fourth-order valence-corrected chi connectivity index (χ4v) is 7.13. The average Bonchev–Trinajstić information content (AvgIpc) is 3.43. The molecule has 3 fully saturated rings. The summed E-state index contributed by atoms with van der Waals surface area (Å²) in [7, 11) is 0. The van der Waals surface area contributed by atoms with Gasteiger partial charge in [0.25, 0.3) is 0 Å². The first kappa shape index (κ1) is 27.9. The van der Waals surface area contributed by atoms with Crippen LogP contribution in [0.1, 0.15) is 63.5 Å². The molecule has 3 heterocycles. The molecule has 210 valence electrons. The molecule has 0 saturated carbocycles. The summed E-state index contributed by atoms with van der Waals surface area (Å²) in [6.45, 7) is 8.97. The molecule has 5 rings (SSSR count). The van der Waals surface area contributed by atoms with Crippen LogP contribution in [-0.4, -0.2) is 58.9 Å². The summed E-state index contributed by atoms with van der Waals surface area (Å²) in [5, 5.41) is 11.3. The zero-order chi connectivity index (χ0) is 28.1. The molecule has 1 amide bonds. The summed E-state index contributed by atoms with van der Waals surface area (Å²) in [5.41, 5.74) is 2.42. The molecule has 2 aromatic rings. The molecule has 9 heteroatoms. The molecule has 5 atom stereocenters. The van der Waals surface area contributed by atoms with E-state index < -0.39 is 23.6 Å². The highest BCUT2D eigenvalue weighted by Crippen LogP contribution is 2.48. The first-order valence-electron chi connectivity index (χ1n) is 13.6. The van der Waals surface area contributed by atoms with Crippen LogP contribution in [0.25, 0.3) is 0 Å². The molecule has 0 aromatic heterocycles. The number of carboxylic acids is 1. The highest BCUT2D eigenvalue weighted by Gasteiger charge is 2.53. The first-order valence-corrected chi connectivity index (χ1v) is 14.4. The number of piperidine rings is 1. The smallest absolute Gasteiger partial charge is 0.410 e. The van der Waals surface area contributed by atoms with Crippen LogP contribution in [-0.2, 0) is 9.53 Å². The number of aryl methyl sites for hydroxylation is 1. The second kappa shape index (κ2) is 10.7. The van der Waals surface area contributed by atoms with Crippen molar-refractivity contribution in [1.29, 1.82) is 0 Å². The van der Waals surface area contributed by atoms with Crippen LogP contribution in [0.5, 0.6) is 5.75 Å². The van der Waals surface area contributed by atoms with Gasteiger partial charge in [-0.25, -0.2) is 4.79 Å². The van der Waals surface area contributed by atoms with Crippen LogP contribution in [0.3, 0.4) is 0 Å². The first-order chi connectivity index (χ1) is 18.4. The molecule has 5 unspecified atom stereocenters. The molecule has 1 N–H and O–H groups in total. The number of ether oxygens (including phenoxy) is 2. The van der Waals surface area contributed by atoms with Crippen molar-refractivity contribution in [2.24, 2.45) is 5.92 Å². The molecule has 3 aliphatic heterocycles. The van der Waals surface area contributed by atoms with Gasteiger partial charge in [0.15, 0.2) is 5.75 Å². The zero-order valence-corrected chi connectivity index (χ0v) is 24.3. The molecular weight excluding hydrogens is 539 g/mol. The Morgan fingerprint density at radius 3 is 2.31 bits per heavy atom. The second-order valence-corrected chi connectivity index (χ2v) is 12.8. The van der Waals surface area contributed by atoms with Gasteiger partial charge in [-0.15, -0.1) is 0 Å². The lowest BCUT2D eigenvalue weighted by Gasteiger charge is -2.43. The Balaban J connectivity index is 1.27. The highest BCUT2D eigenvalue weighted by molar-refractivity contribution is 6.37.